The van der Waals surface area contributed by atoms with E-state index in [-0.39, 0.29) is 0 Å². The van der Waals surface area contributed by atoms with Gasteiger partial charge in [-0.1, -0.05) is 47.5 Å². The van der Waals surface area contributed by atoms with Gasteiger partial charge < -0.3 is 5.32 Å². The van der Waals surface area contributed by atoms with E-state index in [2.05, 4.69) is 61.6 Å². The first-order valence-corrected chi connectivity index (χ1v) is 7.12. The molecule has 0 amide bonds. The van der Waals surface area contributed by atoms with Crippen molar-refractivity contribution in [3.8, 4) is 0 Å². The molecule has 19 heavy (non-hydrogen) atoms. The van der Waals surface area contributed by atoms with Crippen LogP contribution in [0.4, 0.5) is 5.69 Å². The second-order valence-electron chi connectivity index (χ2n) is 5.70. The summed E-state index contributed by atoms with van der Waals surface area (Å²) in [6, 6.07) is 15.7. The zero-order valence-corrected chi connectivity index (χ0v) is 11.7. The molecule has 2 aromatic carbocycles. The van der Waals surface area contributed by atoms with Crippen LogP contribution in [0.15, 0.2) is 42.5 Å². The van der Waals surface area contributed by atoms with Gasteiger partial charge in [0, 0.05) is 12.2 Å². The largest absolute Gasteiger partial charge is 0.385 e. The molecule has 1 heteroatoms. The number of anilines is 1. The number of aryl methyl sites for hydroxylation is 2. The van der Waals surface area contributed by atoms with Crippen LogP contribution in [0.1, 0.15) is 34.6 Å². The summed E-state index contributed by atoms with van der Waals surface area (Å²) in [7, 11) is 0. The minimum atomic E-state index is 0.652. The number of para-hydroxylation sites is 1. The Morgan fingerprint density at radius 1 is 1.05 bits per heavy atom. The lowest BCUT2D eigenvalue weighted by Crippen LogP contribution is -2.18. The lowest BCUT2D eigenvalue weighted by Gasteiger charge is -2.27. The molecule has 1 atom stereocenters. The number of hydrogen-bond donors (Lipinski definition) is 1. The number of benzene rings is 2. The topological polar surface area (TPSA) is 12.0 Å². The van der Waals surface area contributed by atoms with Crippen molar-refractivity contribution in [1.82, 2.24) is 0 Å². The lowest BCUT2D eigenvalue weighted by molar-refractivity contribution is 0.623. The van der Waals surface area contributed by atoms with Crippen LogP contribution in [0.2, 0.25) is 0 Å². The molecule has 2 aromatic rings. The first kappa shape index (κ1) is 12.3. The number of rotatable bonds is 2. The number of nitrogens with one attached hydrogen (secondary N) is 1. The Hall–Kier alpha value is -1.76. The molecule has 0 aliphatic carbocycles. The van der Waals surface area contributed by atoms with Crippen LogP contribution in [-0.2, 0) is 6.42 Å². The van der Waals surface area contributed by atoms with E-state index >= 15 is 0 Å². The molecule has 0 fully saturated rings. The predicted octanol–water partition coefficient (Wildman–Crippen LogP) is 4.45. The maximum Gasteiger partial charge on any atom is 0.0375 e. The quantitative estimate of drug-likeness (QED) is 0.831. The molecule has 0 saturated carbocycles. The first-order chi connectivity index (χ1) is 9.22. The molecule has 0 spiro atoms. The smallest absolute Gasteiger partial charge is 0.0375 e. The summed E-state index contributed by atoms with van der Waals surface area (Å²) in [5.74, 6) is 0.652. The van der Waals surface area contributed by atoms with Crippen LogP contribution in [-0.4, -0.2) is 6.54 Å². The number of fused-ring (bicyclic) bond motifs is 1. The molecule has 1 heterocycles. The van der Waals surface area contributed by atoms with E-state index in [0.717, 1.165) is 13.0 Å². The van der Waals surface area contributed by atoms with Crippen LogP contribution in [0.25, 0.3) is 0 Å². The van der Waals surface area contributed by atoms with Gasteiger partial charge in [-0.25, -0.2) is 0 Å². The normalized spacial score (nSPS) is 17.7. The van der Waals surface area contributed by atoms with Gasteiger partial charge in [0.15, 0.2) is 0 Å². The van der Waals surface area contributed by atoms with E-state index in [1.165, 1.54) is 34.4 Å². The zero-order chi connectivity index (χ0) is 13.2. The number of hydrogen-bond acceptors (Lipinski definition) is 1. The van der Waals surface area contributed by atoms with Crippen molar-refractivity contribution in [2.75, 3.05) is 11.9 Å². The molecule has 3 rings (SSSR count). The third-order valence-corrected chi connectivity index (χ3v) is 3.97. The molecular weight excluding hydrogens is 230 g/mol. The Balaban J connectivity index is 1.88. The average Bonchev–Trinajstić information content (AvgIpc) is 2.38. The van der Waals surface area contributed by atoms with Crippen LogP contribution in [0, 0.1) is 13.8 Å². The summed E-state index contributed by atoms with van der Waals surface area (Å²) in [6.07, 6.45) is 2.38. The first-order valence-electron chi connectivity index (χ1n) is 7.12. The van der Waals surface area contributed by atoms with E-state index in [9.17, 15) is 0 Å². The zero-order valence-electron chi connectivity index (χ0n) is 11.7. The van der Waals surface area contributed by atoms with E-state index in [1.54, 1.807) is 0 Å². The Morgan fingerprint density at radius 3 is 2.58 bits per heavy atom. The minimum absolute atomic E-state index is 0.652. The Bertz CT molecular complexity index is 566. The van der Waals surface area contributed by atoms with E-state index < -0.39 is 0 Å². The van der Waals surface area contributed by atoms with Crippen molar-refractivity contribution in [2.24, 2.45) is 0 Å². The van der Waals surface area contributed by atoms with Crippen LogP contribution in [0.3, 0.4) is 0 Å². The summed E-state index contributed by atoms with van der Waals surface area (Å²) >= 11 is 0. The van der Waals surface area contributed by atoms with Crippen LogP contribution < -0.4 is 5.32 Å². The van der Waals surface area contributed by atoms with Gasteiger partial charge in [0.05, 0.1) is 0 Å². The third-order valence-electron chi connectivity index (χ3n) is 3.97. The Kier molecular flexibility index (Phi) is 3.29. The molecule has 1 nitrogen and oxygen atoms in total. The van der Waals surface area contributed by atoms with Gasteiger partial charge in [0.1, 0.15) is 0 Å². The highest BCUT2D eigenvalue weighted by molar-refractivity contribution is 5.55. The van der Waals surface area contributed by atoms with Crippen LogP contribution in [0.5, 0.6) is 0 Å². The van der Waals surface area contributed by atoms with Gasteiger partial charge in [-0.3, -0.25) is 0 Å². The lowest BCUT2D eigenvalue weighted by atomic mass is 9.85. The van der Waals surface area contributed by atoms with Crippen molar-refractivity contribution in [2.45, 2.75) is 32.6 Å². The molecule has 98 valence electrons. The Labute approximate surface area is 115 Å². The van der Waals surface area contributed by atoms with Gasteiger partial charge in [-0.15, -0.1) is 0 Å². The van der Waals surface area contributed by atoms with Crippen molar-refractivity contribution >= 4 is 5.69 Å². The summed E-state index contributed by atoms with van der Waals surface area (Å²) in [5.41, 5.74) is 7.02. The molecule has 0 radical (unpaired) electrons. The van der Waals surface area contributed by atoms with Gasteiger partial charge in [-0.2, -0.15) is 0 Å². The summed E-state index contributed by atoms with van der Waals surface area (Å²) < 4.78 is 0. The SMILES string of the molecule is Cc1cc(C)cc(CC2CCNc3ccccc32)c1. The van der Waals surface area contributed by atoms with Gasteiger partial charge in [0.2, 0.25) is 0 Å². The summed E-state index contributed by atoms with van der Waals surface area (Å²) in [6.45, 7) is 5.46. The van der Waals surface area contributed by atoms with Crippen LogP contribution >= 0.6 is 0 Å². The van der Waals surface area contributed by atoms with Crippen molar-refractivity contribution < 1.29 is 0 Å². The van der Waals surface area contributed by atoms with Crippen molar-refractivity contribution in [3.05, 3.63) is 64.7 Å². The fraction of sp³-hybridized carbons (Fsp3) is 0.333. The molecular formula is C18H21N. The fourth-order valence-corrected chi connectivity index (χ4v) is 3.23. The molecule has 1 aliphatic rings. The standard InChI is InChI=1S/C18H21N/c1-13-9-14(2)11-15(10-13)12-16-7-8-19-18-6-4-3-5-17(16)18/h3-6,9-11,16,19H,7-8,12H2,1-2H3. The maximum atomic E-state index is 3.50. The molecule has 0 bridgehead atoms. The van der Waals surface area contributed by atoms with E-state index in [0.29, 0.717) is 5.92 Å². The molecule has 1 N–H and O–H groups in total. The van der Waals surface area contributed by atoms with Crippen molar-refractivity contribution in [1.29, 1.82) is 0 Å². The van der Waals surface area contributed by atoms with E-state index in [1.807, 2.05) is 0 Å². The van der Waals surface area contributed by atoms with E-state index in [4.69, 9.17) is 0 Å². The highest BCUT2D eigenvalue weighted by atomic mass is 14.9. The monoisotopic (exact) mass is 251 g/mol. The maximum absolute atomic E-state index is 3.50. The molecule has 0 saturated heterocycles. The average molecular weight is 251 g/mol. The second-order valence-corrected chi connectivity index (χ2v) is 5.70. The van der Waals surface area contributed by atoms with Crippen molar-refractivity contribution in [3.63, 3.8) is 0 Å². The fourth-order valence-electron chi connectivity index (χ4n) is 3.23. The highest BCUT2D eigenvalue weighted by Crippen LogP contribution is 2.33. The molecule has 0 aromatic heterocycles. The van der Waals surface area contributed by atoms with Gasteiger partial charge in [0.25, 0.3) is 0 Å². The predicted molar refractivity (Wildman–Crippen MR) is 81.9 cm³/mol. The highest BCUT2D eigenvalue weighted by Gasteiger charge is 2.19. The second kappa shape index (κ2) is 5.08. The molecule has 1 unspecified atom stereocenters. The Morgan fingerprint density at radius 2 is 1.79 bits per heavy atom. The molecule has 1 aliphatic heterocycles. The van der Waals surface area contributed by atoms with Gasteiger partial charge in [-0.05, 0) is 49.8 Å². The summed E-state index contributed by atoms with van der Waals surface area (Å²) in [4.78, 5) is 0. The summed E-state index contributed by atoms with van der Waals surface area (Å²) in [5, 5.41) is 3.50. The van der Waals surface area contributed by atoms with Gasteiger partial charge >= 0.3 is 0 Å². The third kappa shape index (κ3) is 2.65. The minimum Gasteiger partial charge on any atom is -0.385 e.